The Balaban J connectivity index is -0.000000144. The first kappa shape index (κ1) is 19.9. The second kappa shape index (κ2) is 15.8. The summed E-state index contributed by atoms with van der Waals surface area (Å²) >= 11 is 0. The molecule has 0 amide bonds. The second-order valence-corrected chi connectivity index (χ2v) is 2.16. The van der Waals surface area contributed by atoms with E-state index in [0.29, 0.717) is 0 Å². The zero-order chi connectivity index (χ0) is 7.78. The van der Waals surface area contributed by atoms with E-state index in [0.717, 1.165) is 6.42 Å². The Kier molecular flexibility index (Phi) is 22.4. The summed E-state index contributed by atoms with van der Waals surface area (Å²) in [4.78, 5) is 0. The van der Waals surface area contributed by atoms with Gasteiger partial charge < -0.3 is 24.8 Å². The Morgan fingerprint density at radius 2 is 1.64 bits per heavy atom. The van der Waals surface area contributed by atoms with Gasteiger partial charge >= 0.3 is 63.2 Å². The first-order valence-corrected chi connectivity index (χ1v) is 3.72. The van der Waals surface area contributed by atoms with Crippen LogP contribution in [0.5, 0.6) is 0 Å². The minimum absolute atomic E-state index is 0. The van der Waals surface area contributed by atoms with Gasteiger partial charge in [0.05, 0.1) is 0 Å². The Bertz CT molecular complexity index is 200. The van der Waals surface area contributed by atoms with Gasteiger partial charge in [-0.3, -0.25) is 6.08 Å². The van der Waals surface area contributed by atoms with Crippen molar-refractivity contribution in [3.63, 3.8) is 0 Å². The molecule has 0 N–H and O–H groups in total. The van der Waals surface area contributed by atoms with E-state index in [1.807, 2.05) is 49.2 Å². The first-order chi connectivity index (χ1) is 5.50. The van der Waals surface area contributed by atoms with Crippen molar-refractivity contribution in [2.75, 3.05) is 0 Å². The van der Waals surface area contributed by atoms with Crippen LogP contribution in [-0.4, -0.2) is 6.91 Å². The molecule has 1 aromatic rings. The van der Waals surface area contributed by atoms with Crippen LogP contribution in [0.4, 0.5) is 0 Å². The third-order valence-electron chi connectivity index (χ3n) is 1.25. The van der Waals surface area contributed by atoms with Gasteiger partial charge in [0.15, 0.2) is 0 Å². The summed E-state index contributed by atoms with van der Waals surface area (Å²) in [5.41, 5.74) is 0. The van der Waals surface area contributed by atoms with Crippen molar-refractivity contribution in [2.45, 2.75) is 6.42 Å². The molecule has 1 aliphatic carbocycles. The number of allylic oxidation sites excluding steroid dienone is 4. The summed E-state index contributed by atoms with van der Waals surface area (Å²) in [7, 11) is 0. The average Bonchev–Trinajstić information content (AvgIpc) is 2.64. The van der Waals surface area contributed by atoms with Gasteiger partial charge in [-0.25, -0.2) is 12.2 Å². The summed E-state index contributed by atoms with van der Waals surface area (Å²) in [6.45, 7) is 2.00. The molecule has 2 rings (SSSR count). The van der Waals surface area contributed by atoms with Crippen molar-refractivity contribution in [3.8, 4) is 0 Å². The van der Waals surface area contributed by atoms with Gasteiger partial charge in [-0.15, -0.1) is 6.42 Å². The van der Waals surface area contributed by atoms with Crippen molar-refractivity contribution >= 4 is 6.91 Å². The molecule has 0 atom stereocenters. The molecule has 1 heterocycles. The number of hydrogen-bond donors (Lipinski definition) is 0. The maximum atomic E-state index is 2.99. The van der Waals surface area contributed by atoms with E-state index in [-0.39, 0.29) is 51.0 Å². The van der Waals surface area contributed by atoms with Crippen LogP contribution >= 0.6 is 0 Å². The van der Waals surface area contributed by atoms with E-state index in [1.165, 1.54) is 0 Å². The standard InChI is InChI=1S/C5H5B.C5H5.2ClH.Zr/c1-2-4-6-5-3-1;1-2-4-5-3-1;;;/h1-5H;1-3H,4H2;2*1H;/q;-1;;;+3/p-2. The van der Waals surface area contributed by atoms with Crippen molar-refractivity contribution in [1.82, 2.24) is 0 Å². The summed E-state index contributed by atoms with van der Waals surface area (Å²) < 4.78 is 0. The number of halogens is 2. The average molecular weight is 303 g/mol. The second-order valence-electron chi connectivity index (χ2n) is 2.16. The Morgan fingerprint density at radius 3 is 1.79 bits per heavy atom. The van der Waals surface area contributed by atoms with Crippen LogP contribution in [0.25, 0.3) is 0 Å². The summed E-state index contributed by atoms with van der Waals surface area (Å²) in [5.74, 6) is 4.00. The van der Waals surface area contributed by atoms with Gasteiger partial charge in [-0.1, -0.05) is 0 Å². The minimum atomic E-state index is 0. The quantitative estimate of drug-likeness (QED) is 0.434. The molecule has 0 bridgehead atoms. The van der Waals surface area contributed by atoms with Crippen LogP contribution in [0.1, 0.15) is 6.42 Å². The van der Waals surface area contributed by atoms with E-state index >= 15 is 0 Å². The van der Waals surface area contributed by atoms with Gasteiger partial charge in [0.25, 0.3) is 0 Å². The van der Waals surface area contributed by atoms with Crippen LogP contribution in [0.2, 0.25) is 0 Å². The number of hydrogen-bond acceptors (Lipinski definition) is 0. The van der Waals surface area contributed by atoms with Gasteiger partial charge in [0.2, 0.25) is 0 Å². The molecular formula is C10H10BCl2Zr. The molecule has 71 valence electrons. The molecule has 0 saturated carbocycles. The Morgan fingerprint density at radius 1 is 1.00 bits per heavy atom. The van der Waals surface area contributed by atoms with Gasteiger partial charge in [0, 0.05) is 0 Å². The molecule has 1 aliphatic rings. The van der Waals surface area contributed by atoms with Crippen LogP contribution in [0.3, 0.4) is 0 Å². The topological polar surface area (TPSA) is 0 Å². The third kappa shape index (κ3) is 12.4. The van der Waals surface area contributed by atoms with Crippen molar-refractivity contribution < 1.29 is 51.0 Å². The number of rotatable bonds is 0. The third-order valence-corrected chi connectivity index (χ3v) is 1.25. The molecule has 0 spiro atoms. The molecule has 0 unspecified atom stereocenters. The zero-order valence-electron chi connectivity index (χ0n) is 7.66. The van der Waals surface area contributed by atoms with E-state index in [1.54, 1.807) is 0 Å². The zero-order valence-corrected chi connectivity index (χ0v) is 11.6. The fraction of sp³-hybridized carbons (Fsp3) is 0.100. The first-order valence-electron chi connectivity index (χ1n) is 3.72. The van der Waals surface area contributed by atoms with Crippen molar-refractivity contribution in [1.29, 1.82) is 0 Å². The summed E-state index contributed by atoms with van der Waals surface area (Å²) in [6.07, 6.45) is 10.0. The Labute approximate surface area is 118 Å². The van der Waals surface area contributed by atoms with Gasteiger partial charge in [0.1, 0.15) is 0 Å². The monoisotopic (exact) mass is 301 g/mol. The summed E-state index contributed by atoms with van der Waals surface area (Å²) in [6, 6.07) is 6.00. The van der Waals surface area contributed by atoms with Crippen LogP contribution < -0.4 is 24.8 Å². The molecule has 1 aromatic heterocycles. The van der Waals surface area contributed by atoms with E-state index in [9.17, 15) is 0 Å². The SMILES string of the molecule is [C-]1=CC=CC1.[Cl-].[Cl-].[Zr+3].b1ccccc1. The predicted molar refractivity (Wildman–Crippen MR) is 49.4 cm³/mol. The fourth-order valence-electron chi connectivity index (χ4n) is 0.725. The Hall–Kier alpha value is 0.358. The van der Waals surface area contributed by atoms with Gasteiger partial charge in [-0.05, 0) is 0 Å². The van der Waals surface area contributed by atoms with Crippen molar-refractivity contribution in [3.05, 3.63) is 54.4 Å². The summed E-state index contributed by atoms with van der Waals surface area (Å²) in [5, 5.41) is 0. The molecule has 0 saturated heterocycles. The van der Waals surface area contributed by atoms with Crippen LogP contribution in [0, 0.1) is 6.08 Å². The predicted octanol–water partition coefficient (Wildman–Crippen LogP) is -3.66. The van der Waals surface area contributed by atoms with E-state index < -0.39 is 0 Å². The van der Waals surface area contributed by atoms with Crippen LogP contribution in [0.15, 0.2) is 48.4 Å². The molecule has 0 fully saturated rings. The van der Waals surface area contributed by atoms with Crippen molar-refractivity contribution in [2.24, 2.45) is 0 Å². The molecule has 4 heteroatoms. The maximum absolute atomic E-state index is 2.99. The molecular weight excluding hydrogens is 293 g/mol. The van der Waals surface area contributed by atoms with E-state index in [4.69, 9.17) is 0 Å². The van der Waals surface area contributed by atoms with E-state index in [2.05, 4.69) is 12.2 Å². The fourth-order valence-corrected chi connectivity index (χ4v) is 0.725. The van der Waals surface area contributed by atoms with Gasteiger partial charge in [-0.2, -0.15) is 6.08 Å². The molecule has 1 radical (unpaired) electrons. The molecule has 0 aromatic carbocycles. The normalized spacial score (nSPS) is 9.43. The molecule has 0 nitrogen and oxygen atoms in total. The molecule has 14 heavy (non-hydrogen) atoms. The van der Waals surface area contributed by atoms with Crippen LogP contribution in [-0.2, 0) is 26.2 Å². The molecule has 0 aliphatic heterocycles.